The molecular formula is C47H94N2O2. The molecule has 0 unspecified atom stereocenters. The minimum atomic E-state index is 0.276. The largest absolute Gasteiger partial charge is 0.396 e. The van der Waals surface area contributed by atoms with Gasteiger partial charge in [0.25, 0.3) is 0 Å². The Morgan fingerprint density at radius 1 is 0.373 bits per heavy atom. The van der Waals surface area contributed by atoms with Crippen LogP contribution in [-0.2, 0) is 4.79 Å². The molecule has 0 aromatic carbocycles. The van der Waals surface area contributed by atoms with E-state index in [9.17, 15) is 4.79 Å². The molecule has 1 fully saturated rings. The number of piperazine rings is 1. The summed E-state index contributed by atoms with van der Waals surface area (Å²) in [5, 5.41) is 8.99. The summed E-state index contributed by atoms with van der Waals surface area (Å²) in [6.07, 6.45) is 53.4. The highest BCUT2D eigenvalue weighted by Crippen LogP contribution is 2.17. The van der Waals surface area contributed by atoms with Crippen LogP contribution in [0.3, 0.4) is 0 Å². The fourth-order valence-electron chi connectivity index (χ4n) is 8.20. The number of hydrogen-bond acceptors (Lipinski definition) is 4. The van der Waals surface area contributed by atoms with Gasteiger partial charge >= 0.3 is 0 Å². The first-order valence-electron chi connectivity index (χ1n) is 23.8. The average molecular weight is 719 g/mol. The number of ketones is 1. The van der Waals surface area contributed by atoms with Gasteiger partial charge in [0, 0.05) is 45.8 Å². The van der Waals surface area contributed by atoms with Gasteiger partial charge in [-0.3, -0.25) is 9.69 Å². The Morgan fingerprint density at radius 3 is 0.902 bits per heavy atom. The predicted molar refractivity (Wildman–Crippen MR) is 226 cm³/mol. The summed E-state index contributed by atoms with van der Waals surface area (Å²) in [7, 11) is 0. The molecule has 1 saturated heterocycles. The second-order valence-corrected chi connectivity index (χ2v) is 16.9. The first kappa shape index (κ1) is 48.6. The van der Waals surface area contributed by atoms with E-state index in [4.69, 9.17) is 5.11 Å². The molecule has 0 atom stereocenters. The lowest BCUT2D eigenvalue weighted by Gasteiger charge is -2.34. The van der Waals surface area contributed by atoms with Crippen LogP contribution in [0.15, 0.2) is 0 Å². The first-order chi connectivity index (χ1) is 25.3. The van der Waals surface area contributed by atoms with Crippen LogP contribution >= 0.6 is 0 Å². The number of carbonyl (C=O) groups excluding carboxylic acids is 1. The number of aliphatic hydroxyl groups is 1. The Kier molecular flexibility index (Phi) is 38.8. The van der Waals surface area contributed by atoms with Crippen LogP contribution in [0, 0.1) is 0 Å². The zero-order valence-corrected chi connectivity index (χ0v) is 35.1. The van der Waals surface area contributed by atoms with Crippen molar-refractivity contribution in [2.24, 2.45) is 0 Å². The fraction of sp³-hybridized carbons (Fsp3) is 0.979. The number of hydrogen-bond donors (Lipinski definition) is 1. The highest BCUT2D eigenvalue weighted by atomic mass is 16.3. The van der Waals surface area contributed by atoms with Gasteiger partial charge in [0.15, 0.2) is 0 Å². The third-order valence-electron chi connectivity index (χ3n) is 11.8. The summed E-state index contributed by atoms with van der Waals surface area (Å²) in [6.45, 7) is 8.28. The highest BCUT2D eigenvalue weighted by molar-refractivity contribution is 5.80. The Bertz CT molecular complexity index is 677. The van der Waals surface area contributed by atoms with Gasteiger partial charge in [0.1, 0.15) is 5.78 Å². The molecule has 51 heavy (non-hydrogen) atoms. The standard InChI is InChI=1S/C47H94N2O2/c1-2-3-4-5-6-7-8-9-10-11-12-13-14-15-16-17-18-19-20-21-22-23-24-25-26-27-28-29-30-31-32-33-34-35-36-37-39-47(51)46-49-43-41-48(42-44-49)40-38-45-50/h50H,2-46H2,1H3. The van der Waals surface area contributed by atoms with Crippen molar-refractivity contribution < 1.29 is 9.90 Å². The quantitative estimate of drug-likeness (QED) is 0.0638. The molecule has 4 heteroatoms. The normalized spacial score (nSPS) is 14.2. The Balaban J connectivity index is 1.65. The number of rotatable bonds is 42. The van der Waals surface area contributed by atoms with E-state index in [1.165, 1.54) is 225 Å². The summed E-state index contributed by atoms with van der Waals surface area (Å²) in [6, 6.07) is 0. The van der Waals surface area contributed by atoms with Crippen LogP contribution in [0.4, 0.5) is 0 Å². The third-order valence-corrected chi connectivity index (χ3v) is 11.8. The summed E-state index contributed by atoms with van der Waals surface area (Å²) in [5.41, 5.74) is 0. The fourth-order valence-corrected chi connectivity index (χ4v) is 8.20. The molecule has 0 aromatic rings. The Labute approximate surface area is 321 Å². The second-order valence-electron chi connectivity index (χ2n) is 16.9. The van der Waals surface area contributed by atoms with Crippen molar-refractivity contribution in [3.63, 3.8) is 0 Å². The van der Waals surface area contributed by atoms with Gasteiger partial charge in [-0.25, -0.2) is 0 Å². The number of carbonyl (C=O) groups is 1. The zero-order valence-electron chi connectivity index (χ0n) is 35.1. The summed E-state index contributed by atoms with van der Waals surface area (Å²) >= 11 is 0. The Morgan fingerprint density at radius 2 is 0.627 bits per heavy atom. The van der Waals surface area contributed by atoms with Crippen LogP contribution in [0.25, 0.3) is 0 Å². The molecule has 1 rings (SSSR count). The molecule has 0 aliphatic carbocycles. The van der Waals surface area contributed by atoms with Gasteiger partial charge in [-0.1, -0.05) is 232 Å². The maximum atomic E-state index is 12.4. The summed E-state index contributed by atoms with van der Waals surface area (Å²) in [4.78, 5) is 17.1. The van der Waals surface area contributed by atoms with E-state index in [-0.39, 0.29) is 6.61 Å². The average Bonchev–Trinajstić information content (AvgIpc) is 3.14. The maximum Gasteiger partial charge on any atom is 0.146 e. The number of nitrogens with zero attached hydrogens (tertiary/aromatic N) is 2. The number of Topliss-reactive ketones (excluding diaryl/α,β-unsaturated/α-hetero) is 1. The molecule has 0 radical (unpaired) electrons. The van der Waals surface area contributed by atoms with Crippen molar-refractivity contribution in [3.8, 4) is 0 Å². The molecule has 1 N–H and O–H groups in total. The van der Waals surface area contributed by atoms with Crippen LogP contribution < -0.4 is 0 Å². The second kappa shape index (κ2) is 40.7. The number of unbranched alkanes of at least 4 members (excludes halogenated alkanes) is 35. The monoisotopic (exact) mass is 719 g/mol. The minimum Gasteiger partial charge on any atom is -0.396 e. The lowest BCUT2D eigenvalue weighted by molar-refractivity contribution is -0.120. The van der Waals surface area contributed by atoms with E-state index >= 15 is 0 Å². The molecule has 304 valence electrons. The van der Waals surface area contributed by atoms with Crippen molar-refractivity contribution in [3.05, 3.63) is 0 Å². The summed E-state index contributed by atoms with van der Waals surface area (Å²) in [5.74, 6) is 0.431. The molecule has 4 nitrogen and oxygen atoms in total. The van der Waals surface area contributed by atoms with Gasteiger partial charge in [-0.15, -0.1) is 0 Å². The topological polar surface area (TPSA) is 43.8 Å². The van der Waals surface area contributed by atoms with Crippen LogP contribution in [0.5, 0.6) is 0 Å². The predicted octanol–water partition coefficient (Wildman–Crippen LogP) is 14.0. The van der Waals surface area contributed by atoms with Gasteiger partial charge in [0.2, 0.25) is 0 Å². The van der Waals surface area contributed by atoms with E-state index < -0.39 is 0 Å². The van der Waals surface area contributed by atoms with Crippen molar-refractivity contribution in [2.75, 3.05) is 45.9 Å². The highest BCUT2D eigenvalue weighted by Gasteiger charge is 2.18. The lowest BCUT2D eigenvalue weighted by atomic mass is 10.0. The van der Waals surface area contributed by atoms with E-state index in [2.05, 4.69) is 16.7 Å². The minimum absolute atomic E-state index is 0.276. The van der Waals surface area contributed by atoms with Gasteiger partial charge in [0.05, 0.1) is 6.54 Å². The lowest BCUT2D eigenvalue weighted by Crippen LogP contribution is -2.48. The van der Waals surface area contributed by atoms with E-state index in [1.807, 2.05) is 0 Å². The molecule has 0 amide bonds. The van der Waals surface area contributed by atoms with Crippen LogP contribution in [0.1, 0.15) is 251 Å². The zero-order chi connectivity index (χ0) is 36.6. The van der Waals surface area contributed by atoms with Crippen molar-refractivity contribution in [1.29, 1.82) is 0 Å². The van der Waals surface area contributed by atoms with Crippen molar-refractivity contribution in [1.82, 2.24) is 9.80 Å². The van der Waals surface area contributed by atoms with Gasteiger partial charge < -0.3 is 10.0 Å². The molecule has 0 bridgehead atoms. The maximum absolute atomic E-state index is 12.4. The van der Waals surface area contributed by atoms with E-state index in [1.54, 1.807) is 0 Å². The third kappa shape index (κ3) is 36.3. The van der Waals surface area contributed by atoms with Gasteiger partial charge in [-0.05, 0) is 12.8 Å². The molecule has 1 heterocycles. The van der Waals surface area contributed by atoms with Crippen LogP contribution in [0.2, 0.25) is 0 Å². The van der Waals surface area contributed by atoms with Crippen LogP contribution in [-0.4, -0.2) is 66.6 Å². The van der Waals surface area contributed by atoms with Crippen molar-refractivity contribution in [2.45, 2.75) is 251 Å². The smallest absolute Gasteiger partial charge is 0.146 e. The molecule has 1 aliphatic heterocycles. The molecular weight excluding hydrogens is 625 g/mol. The summed E-state index contributed by atoms with van der Waals surface area (Å²) < 4.78 is 0. The van der Waals surface area contributed by atoms with Gasteiger partial charge in [-0.2, -0.15) is 0 Å². The molecule has 0 aromatic heterocycles. The van der Waals surface area contributed by atoms with Crippen molar-refractivity contribution >= 4 is 5.78 Å². The molecule has 0 saturated carbocycles. The Hall–Kier alpha value is -0.450. The SMILES string of the molecule is CCCCCCCCCCCCCCCCCCCCCCCCCCCCCCCCCCCCCCC(=O)CN1CCN(CCCO)CC1. The molecule has 0 spiro atoms. The first-order valence-corrected chi connectivity index (χ1v) is 23.8. The number of aliphatic hydroxyl groups excluding tert-OH is 1. The van der Waals surface area contributed by atoms with E-state index in [0.717, 1.165) is 52.0 Å². The van der Waals surface area contributed by atoms with E-state index in [0.29, 0.717) is 12.3 Å². The molecule has 1 aliphatic rings.